The van der Waals surface area contributed by atoms with Gasteiger partial charge in [0.1, 0.15) is 0 Å². The van der Waals surface area contributed by atoms with E-state index < -0.39 is 0 Å². The third kappa shape index (κ3) is 3.76. The van der Waals surface area contributed by atoms with Gasteiger partial charge in [-0.3, -0.25) is 0 Å². The number of rotatable bonds is 6. The molecule has 0 aromatic carbocycles. The van der Waals surface area contributed by atoms with Crippen LogP contribution in [0.2, 0.25) is 5.28 Å². The Balaban J connectivity index is 1.66. The summed E-state index contributed by atoms with van der Waals surface area (Å²) in [6.45, 7) is 5.22. The summed E-state index contributed by atoms with van der Waals surface area (Å²) >= 11 is 6.07. The zero-order valence-electron chi connectivity index (χ0n) is 12.7. The fraction of sp³-hybridized carbons (Fsp3) is 0.800. The number of nitrogens with zero attached hydrogens (tertiary/aromatic N) is 4. The first kappa shape index (κ1) is 14.8. The number of anilines is 2. The Kier molecular flexibility index (Phi) is 4.48. The number of aromatic nitrogens is 3. The monoisotopic (exact) mass is 309 g/mol. The lowest BCUT2D eigenvalue weighted by atomic mass is 10.0. The maximum atomic E-state index is 6.07. The molecule has 6 heteroatoms. The average Bonchev–Trinajstić information content (AvgIpc) is 3.26. The molecule has 0 amide bonds. The molecule has 116 valence electrons. The van der Waals surface area contributed by atoms with Crippen molar-refractivity contribution >= 4 is 23.5 Å². The minimum atomic E-state index is 0.286. The molecule has 2 fully saturated rings. The van der Waals surface area contributed by atoms with E-state index in [2.05, 4.69) is 32.1 Å². The summed E-state index contributed by atoms with van der Waals surface area (Å²) in [6.07, 6.45) is 8.82. The standard InChI is InChI=1S/C15H24ClN5/c1-2-6-15(7-8-15)11-17-13-18-12(16)19-14(20-13)21-9-4-3-5-10-21/h2-11H2,1H3,(H,17,18,19,20). The summed E-state index contributed by atoms with van der Waals surface area (Å²) < 4.78 is 0. The van der Waals surface area contributed by atoms with Crippen LogP contribution in [-0.2, 0) is 0 Å². The predicted octanol–water partition coefficient (Wildman–Crippen LogP) is 3.51. The number of hydrogen-bond donors (Lipinski definition) is 1. The van der Waals surface area contributed by atoms with Crippen LogP contribution in [0.15, 0.2) is 0 Å². The highest BCUT2D eigenvalue weighted by molar-refractivity contribution is 6.28. The minimum Gasteiger partial charge on any atom is -0.353 e. The largest absolute Gasteiger partial charge is 0.353 e. The average molecular weight is 310 g/mol. The maximum Gasteiger partial charge on any atom is 0.231 e. The van der Waals surface area contributed by atoms with Gasteiger partial charge in [0, 0.05) is 19.6 Å². The molecule has 0 bridgehead atoms. The molecule has 1 aliphatic carbocycles. The van der Waals surface area contributed by atoms with E-state index >= 15 is 0 Å². The Labute approximate surface area is 131 Å². The number of nitrogens with one attached hydrogen (secondary N) is 1. The van der Waals surface area contributed by atoms with Crippen molar-refractivity contribution in [1.82, 2.24) is 15.0 Å². The first-order valence-corrected chi connectivity index (χ1v) is 8.49. The summed E-state index contributed by atoms with van der Waals surface area (Å²) in [5.41, 5.74) is 0.471. The van der Waals surface area contributed by atoms with Crippen LogP contribution < -0.4 is 10.2 Å². The van der Waals surface area contributed by atoms with Crippen molar-refractivity contribution < 1.29 is 0 Å². The highest BCUT2D eigenvalue weighted by atomic mass is 35.5. The normalized spacial score (nSPS) is 20.4. The molecule has 21 heavy (non-hydrogen) atoms. The van der Waals surface area contributed by atoms with Gasteiger partial charge < -0.3 is 10.2 Å². The van der Waals surface area contributed by atoms with Gasteiger partial charge in [0.2, 0.25) is 17.2 Å². The van der Waals surface area contributed by atoms with Crippen molar-refractivity contribution in [3.63, 3.8) is 0 Å². The third-order valence-electron chi connectivity index (χ3n) is 4.59. The second kappa shape index (κ2) is 6.34. The molecule has 1 saturated carbocycles. The fourth-order valence-electron chi connectivity index (χ4n) is 3.14. The van der Waals surface area contributed by atoms with Crippen molar-refractivity contribution in [2.24, 2.45) is 5.41 Å². The predicted molar refractivity (Wildman–Crippen MR) is 86.0 cm³/mol. The summed E-state index contributed by atoms with van der Waals surface area (Å²) in [7, 11) is 0. The molecular formula is C15H24ClN5. The lowest BCUT2D eigenvalue weighted by Gasteiger charge is -2.26. The molecule has 0 atom stereocenters. The van der Waals surface area contributed by atoms with E-state index in [4.69, 9.17) is 11.6 Å². The molecule has 2 aliphatic rings. The van der Waals surface area contributed by atoms with Crippen molar-refractivity contribution in [2.75, 3.05) is 29.9 Å². The second-order valence-electron chi connectivity index (χ2n) is 6.38. The highest BCUT2D eigenvalue weighted by Crippen LogP contribution is 2.49. The maximum absolute atomic E-state index is 6.07. The summed E-state index contributed by atoms with van der Waals surface area (Å²) in [5, 5.41) is 3.66. The number of hydrogen-bond acceptors (Lipinski definition) is 5. The lowest BCUT2D eigenvalue weighted by Crippen LogP contribution is -2.31. The van der Waals surface area contributed by atoms with Crippen LogP contribution in [0.4, 0.5) is 11.9 Å². The van der Waals surface area contributed by atoms with Gasteiger partial charge in [0.15, 0.2) is 0 Å². The Morgan fingerprint density at radius 3 is 2.57 bits per heavy atom. The molecule has 1 saturated heterocycles. The summed E-state index contributed by atoms with van der Waals surface area (Å²) in [5.74, 6) is 1.34. The molecular weight excluding hydrogens is 286 g/mol. The van der Waals surface area contributed by atoms with Crippen molar-refractivity contribution in [3.05, 3.63) is 5.28 Å². The van der Waals surface area contributed by atoms with E-state index in [-0.39, 0.29) is 5.28 Å². The van der Waals surface area contributed by atoms with Crippen LogP contribution in [0.25, 0.3) is 0 Å². The van der Waals surface area contributed by atoms with Crippen LogP contribution in [-0.4, -0.2) is 34.6 Å². The Morgan fingerprint density at radius 2 is 1.90 bits per heavy atom. The van der Waals surface area contributed by atoms with E-state index in [0.29, 0.717) is 11.4 Å². The van der Waals surface area contributed by atoms with Gasteiger partial charge in [-0.25, -0.2) is 0 Å². The highest BCUT2D eigenvalue weighted by Gasteiger charge is 2.41. The molecule has 1 N–H and O–H groups in total. The molecule has 5 nitrogen and oxygen atoms in total. The van der Waals surface area contributed by atoms with Gasteiger partial charge in [-0.1, -0.05) is 13.3 Å². The smallest absolute Gasteiger partial charge is 0.231 e. The van der Waals surface area contributed by atoms with Crippen LogP contribution in [0.1, 0.15) is 51.9 Å². The van der Waals surface area contributed by atoms with Crippen LogP contribution in [0.5, 0.6) is 0 Å². The second-order valence-corrected chi connectivity index (χ2v) is 6.72. The van der Waals surface area contributed by atoms with E-state index in [0.717, 1.165) is 25.6 Å². The zero-order chi connectivity index (χ0) is 14.7. The topological polar surface area (TPSA) is 53.9 Å². The fourth-order valence-corrected chi connectivity index (χ4v) is 3.30. The van der Waals surface area contributed by atoms with Gasteiger partial charge >= 0.3 is 0 Å². The molecule has 1 aliphatic heterocycles. The first-order valence-electron chi connectivity index (χ1n) is 8.11. The van der Waals surface area contributed by atoms with E-state index in [1.165, 1.54) is 44.9 Å². The first-order chi connectivity index (χ1) is 10.2. The van der Waals surface area contributed by atoms with Crippen molar-refractivity contribution in [1.29, 1.82) is 0 Å². The lowest BCUT2D eigenvalue weighted by molar-refractivity contribution is 0.484. The van der Waals surface area contributed by atoms with E-state index in [1.807, 2.05) is 0 Å². The van der Waals surface area contributed by atoms with Crippen LogP contribution in [0.3, 0.4) is 0 Å². The number of halogens is 1. The van der Waals surface area contributed by atoms with E-state index in [1.54, 1.807) is 0 Å². The van der Waals surface area contributed by atoms with Crippen LogP contribution in [0, 0.1) is 5.41 Å². The van der Waals surface area contributed by atoms with Gasteiger partial charge in [-0.2, -0.15) is 15.0 Å². The van der Waals surface area contributed by atoms with Crippen molar-refractivity contribution in [2.45, 2.75) is 51.9 Å². The molecule has 0 unspecified atom stereocenters. The Bertz CT molecular complexity index is 483. The van der Waals surface area contributed by atoms with Gasteiger partial charge in [-0.15, -0.1) is 0 Å². The van der Waals surface area contributed by atoms with Gasteiger partial charge in [-0.05, 0) is 55.5 Å². The molecule has 3 rings (SSSR count). The SMILES string of the molecule is CCCC1(CNc2nc(Cl)nc(N3CCCCC3)n2)CC1. The van der Waals surface area contributed by atoms with Crippen molar-refractivity contribution in [3.8, 4) is 0 Å². The Morgan fingerprint density at radius 1 is 1.14 bits per heavy atom. The van der Waals surface area contributed by atoms with Gasteiger partial charge in [0.25, 0.3) is 0 Å². The third-order valence-corrected chi connectivity index (χ3v) is 4.76. The number of piperidine rings is 1. The molecule has 1 aromatic heterocycles. The summed E-state index contributed by atoms with van der Waals surface area (Å²) in [6, 6.07) is 0. The quantitative estimate of drug-likeness (QED) is 0.871. The minimum absolute atomic E-state index is 0.286. The molecule has 1 aromatic rings. The van der Waals surface area contributed by atoms with E-state index in [9.17, 15) is 0 Å². The van der Waals surface area contributed by atoms with Crippen LogP contribution >= 0.6 is 11.6 Å². The summed E-state index contributed by atoms with van der Waals surface area (Å²) in [4.78, 5) is 15.3. The molecule has 0 radical (unpaired) electrons. The zero-order valence-corrected chi connectivity index (χ0v) is 13.5. The Hall–Kier alpha value is -1.10. The van der Waals surface area contributed by atoms with Gasteiger partial charge in [0.05, 0.1) is 0 Å². The molecule has 0 spiro atoms. The molecule has 2 heterocycles.